The van der Waals surface area contributed by atoms with Crippen LogP contribution in [-0.2, 0) is 6.54 Å². The molecule has 0 N–H and O–H groups in total. The molecule has 124 valence electrons. The zero-order valence-electron chi connectivity index (χ0n) is 13.5. The highest BCUT2D eigenvalue weighted by atomic mass is 32.1. The lowest BCUT2D eigenvalue weighted by atomic mass is 10.2. The average molecular weight is 340 g/mol. The monoisotopic (exact) mass is 340 g/mol. The van der Waals surface area contributed by atoms with Gasteiger partial charge in [0.05, 0.1) is 11.9 Å². The van der Waals surface area contributed by atoms with Gasteiger partial charge in [0, 0.05) is 49.6 Å². The maximum Gasteiger partial charge on any atom is 0.179 e. The van der Waals surface area contributed by atoms with Gasteiger partial charge in [0.2, 0.25) is 0 Å². The number of anilines is 1. The van der Waals surface area contributed by atoms with Crippen molar-refractivity contribution in [3.63, 3.8) is 0 Å². The molecule has 0 atom stereocenters. The number of thiophene rings is 1. The van der Waals surface area contributed by atoms with Crippen molar-refractivity contribution in [1.82, 2.24) is 24.7 Å². The molecule has 5 rings (SSSR count). The van der Waals surface area contributed by atoms with E-state index in [1.165, 1.54) is 17.7 Å². The molecule has 3 aromatic rings. The Morgan fingerprint density at radius 2 is 2.00 bits per heavy atom. The number of fused-ring (bicyclic) bond motifs is 1. The molecule has 24 heavy (non-hydrogen) atoms. The van der Waals surface area contributed by atoms with Gasteiger partial charge in [-0.25, -0.2) is 0 Å². The average Bonchev–Trinajstić information content (AvgIpc) is 3.17. The maximum absolute atomic E-state index is 4.60. The van der Waals surface area contributed by atoms with Gasteiger partial charge in [0.15, 0.2) is 11.5 Å². The summed E-state index contributed by atoms with van der Waals surface area (Å²) in [6, 6.07) is 6.48. The number of rotatable bonds is 4. The summed E-state index contributed by atoms with van der Waals surface area (Å²) >= 11 is 1.84. The fourth-order valence-corrected chi connectivity index (χ4v) is 4.10. The molecule has 1 saturated carbocycles. The van der Waals surface area contributed by atoms with Gasteiger partial charge >= 0.3 is 0 Å². The Kier molecular flexibility index (Phi) is 3.48. The Morgan fingerprint density at radius 3 is 2.75 bits per heavy atom. The van der Waals surface area contributed by atoms with E-state index < -0.39 is 0 Å². The third kappa shape index (κ3) is 2.67. The van der Waals surface area contributed by atoms with Crippen LogP contribution in [-0.4, -0.2) is 50.9 Å². The van der Waals surface area contributed by atoms with E-state index in [0.29, 0.717) is 5.92 Å². The summed E-state index contributed by atoms with van der Waals surface area (Å²) in [7, 11) is 0. The van der Waals surface area contributed by atoms with E-state index in [4.69, 9.17) is 0 Å². The predicted molar refractivity (Wildman–Crippen MR) is 94.6 cm³/mol. The van der Waals surface area contributed by atoms with Crippen molar-refractivity contribution >= 4 is 22.7 Å². The molecule has 1 saturated heterocycles. The van der Waals surface area contributed by atoms with Gasteiger partial charge < -0.3 is 4.90 Å². The minimum atomic E-state index is 0.569. The van der Waals surface area contributed by atoms with Gasteiger partial charge in [-0.15, -0.1) is 21.5 Å². The van der Waals surface area contributed by atoms with Crippen LogP contribution in [0.1, 0.15) is 29.5 Å². The molecule has 0 aromatic carbocycles. The second kappa shape index (κ2) is 5.82. The van der Waals surface area contributed by atoms with Crippen LogP contribution in [0.3, 0.4) is 0 Å². The lowest BCUT2D eigenvalue weighted by Crippen LogP contribution is -2.45. The zero-order valence-corrected chi connectivity index (χ0v) is 14.3. The Balaban J connectivity index is 1.28. The van der Waals surface area contributed by atoms with Crippen LogP contribution in [0.2, 0.25) is 0 Å². The van der Waals surface area contributed by atoms with E-state index in [1.54, 1.807) is 0 Å². The molecular weight excluding hydrogens is 320 g/mol. The fraction of sp³-hybridized carbons (Fsp3) is 0.471. The van der Waals surface area contributed by atoms with Crippen LogP contribution < -0.4 is 4.90 Å². The lowest BCUT2D eigenvalue weighted by molar-refractivity contribution is 0.252. The van der Waals surface area contributed by atoms with Crippen molar-refractivity contribution in [3.05, 3.63) is 40.5 Å². The highest BCUT2D eigenvalue weighted by Gasteiger charge is 2.29. The molecule has 0 amide bonds. The molecule has 1 aliphatic carbocycles. The first-order valence-electron chi connectivity index (χ1n) is 8.58. The first-order valence-corrected chi connectivity index (χ1v) is 9.46. The van der Waals surface area contributed by atoms with Crippen LogP contribution in [0.4, 0.5) is 5.69 Å². The summed E-state index contributed by atoms with van der Waals surface area (Å²) in [5.41, 5.74) is 2.03. The minimum absolute atomic E-state index is 0.569. The molecule has 4 heterocycles. The highest BCUT2D eigenvalue weighted by Crippen LogP contribution is 2.38. The number of nitrogens with zero attached hydrogens (tertiary/aromatic N) is 6. The van der Waals surface area contributed by atoms with Crippen LogP contribution in [0, 0.1) is 0 Å². The zero-order chi connectivity index (χ0) is 15.9. The quantitative estimate of drug-likeness (QED) is 0.730. The largest absolute Gasteiger partial charge is 0.368 e. The normalized spacial score (nSPS) is 19.2. The molecule has 7 heteroatoms. The van der Waals surface area contributed by atoms with E-state index in [-0.39, 0.29) is 0 Å². The Labute approximate surface area is 144 Å². The molecule has 0 spiro atoms. The molecule has 1 aliphatic heterocycles. The van der Waals surface area contributed by atoms with E-state index in [2.05, 4.69) is 48.7 Å². The van der Waals surface area contributed by atoms with E-state index in [1.807, 2.05) is 22.0 Å². The summed E-state index contributed by atoms with van der Waals surface area (Å²) in [6.45, 7) is 5.31. The summed E-state index contributed by atoms with van der Waals surface area (Å²) in [6.07, 6.45) is 4.41. The van der Waals surface area contributed by atoms with Crippen molar-refractivity contribution in [2.24, 2.45) is 0 Å². The van der Waals surface area contributed by atoms with Gasteiger partial charge in [0.1, 0.15) is 0 Å². The molecule has 3 aromatic heterocycles. The first-order chi connectivity index (χ1) is 11.9. The number of aromatic nitrogens is 4. The molecule has 0 radical (unpaired) electrons. The summed E-state index contributed by atoms with van der Waals surface area (Å²) in [5, 5.41) is 15.4. The van der Waals surface area contributed by atoms with Crippen LogP contribution in [0.5, 0.6) is 0 Å². The number of hydrogen-bond donors (Lipinski definition) is 0. The predicted octanol–water partition coefficient (Wildman–Crippen LogP) is 2.39. The van der Waals surface area contributed by atoms with Gasteiger partial charge in [-0.3, -0.25) is 4.90 Å². The van der Waals surface area contributed by atoms with Crippen LogP contribution in [0.15, 0.2) is 29.8 Å². The van der Waals surface area contributed by atoms with Crippen molar-refractivity contribution in [2.75, 3.05) is 31.1 Å². The Bertz CT molecular complexity index is 830. The van der Waals surface area contributed by atoms with Gasteiger partial charge in [-0.1, -0.05) is 6.07 Å². The van der Waals surface area contributed by atoms with Crippen LogP contribution in [0.25, 0.3) is 5.65 Å². The first kappa shape index (κ1) is 14.4. The standard InChI is InChI=1S/C17H20N6S/c1-2-15(24-9-1)12-21-5-7-22(8-6-21)14-10-16-19-20-17(13-3-4-13)23(16)18-11-14/h1-2,9-11,13H,3-8,12H2. The molecule has 2 fully saturated rings. The second-order valence-electron chi connectivity index (χ2n) is 6.66. The van der Waals surface area contributed by atoms with E-state index in [0.717, 1.165) is 49.9 Å². The Hall–Kier alpha value is -1.99. The maximum atomic E-state index is 4.60. The number of hydrogen-bond acceptors (Lipinski definition) is 6. The van der Waals surface area contributed by atoms with Crippen molar-refractivity contribution in [2.45, 2.75) is 25.3 Å². The van der Waals surface area contributed by atoms with Gasteiger partial charge in [-0.05, 0) is 24.3 Å². The molecule has 0 bridgehead atoms. The van der Waals surface area contributed by atoms with Gasteiger partial charge in [0.25, 0.3) is 0 Å². The van der Waals surface area contributed by atoms with Crippen molar-refractivity contribution in [3.8, 4) is 0 Å². The minimum Gasteiger partial charge on any atom is -0.368 e. The molecular formula is C17H20N6S. The Morgan fingerprint density at radius 1 is 1.12 bits per heavy atom. The summed E-state index contributed by atoms with van der Waals surface area (Å²) in [5.74, 6) is 1.59. The van der Waals surface area contributed by atoms with Crippen LogP contribution >= 0.6 is 11.3 Å². The lowest BCUT2D eigenvalue weighted by Gasteiger charge is -2.35. The van der Waals surface area contributed by atoms with Crippen molar-refractivity contribution in [1.29, 1.82) is 0 Å². The van der Waals surface area contributed by atoms with E-state index >= 15 is 0 Å². The molecule has 6 nitrogen and oxygen atoms in total. The highest BCUT2D eigenvalue weighted by molar-refractivity contribution is 7.09. The third-order valence-corrected chi connectivity index (χ3v) is 5.77. The molecule has 0 unspecified atom stereocenters. The molecule has 2 aliphatic rings. The smallest absolute Gasteiger partial charge is 0.179 e. The van der Waals surface area contributed by atoms with Crippen molar-refractivity contribution < 1.29 is 0 Å². The summed E-state index contributed by atoms with van der Waals surface area (Å²) < 4.78 is 1.91. The van der Waals surface area contributed by atoms with Gasteiger partial charge in [-0.2, -0.15) is 9.61 Å². The number of piperazine rings is 1. The SMILES string of the molecule is c1csc(CN2CCN(c3cnn4c(C5CC5)nnc4c3)CC2)c1. The summed E-state index contributed by atoms with van der Waals surface area (Å²) in [4.78, 5) is 6.38. The second-order valence-corrected chi connectivity index (χ2v) is 7.69. The topological polar surface area (TPSA) is 49.6 Å². The van der Waals surface area contributed by atoms with E-state index in [9.17, 15) is 0 Å². The fourth-order valence-electron chi connectivity index (χ4n) is 3.36. The third-order valence-electron chi connectivity index (χ3n) is 4.91.